The van der Waals surface area contributed by atoms with Crippen LogP contribution in [0.25, 0.3) is 0 Å². The van der Waals surface area contributed by atoms with Gasteiger partial charge in [0.1, 0.15) is 0 Å². The third-order valence-electron chi connectivity index (χ3n) is 4.53. The molecular formula is C24H22O3Se. The second kappa shape index (κ2) is 10.0. The molecule has 0 heterocycles. The fourth-order valence-electron chi connectivity index (χ4n) is 3.10. The van der Waals surface area contributed by atoms with E-state index in [0.29, 0.717) is 5.56 Å². The molecule has 0 aliphatic heterocycles. The molecule has 0 radical (unpaired) electrons. The van der Waals surface area contributed by atoms with Crippen LogP contribution in [0.15, 0.2) is 91.0 Å². The van der Waals surface area contributed by atoms with Crippen molar-refractivity contribution in [2.75, 3.05) is 7.11 Å². The van der Waals surface area contributed by atoms with Crippen molar-refractivity contribution in [2.24, 2.45) is 0 Å². The van der Waals surface area contributed by atoms with Gasteiger partial charge in [-0.1, -0.05) is 0 Å². The molecule has 0 unspecified atom stereocenters. The van der Waals surface area contributed by atoms with E-state index < -0.39 is 0 Å². The van der Waals surface area contributed by atoms with E-state index in [0.717, 1.165) is 10.0 Å². The van der Waals surface area contributed by atoms with Crippen LogP contribution in [-0.2, 0) is 9.53 Å². The molecule has 4 heteroatoms. The molecule has 0 amide bonds. The van der Waals surface area contributed by atoms with Crippen molar-refractivity contribution >= 4 is 31.2 Å². The van der Waals surface area contributed by atoms with Crippen LogP contribution in [0.3, 0.4) is 0 Å². The number of carbonyl (C=O) groups excluding carboxylic acids is 2. The van der Waals surface area contributed by atoms with Gasteiger partial charge in [-0.3, -0.25) is 0 Å². The third-order valence-corrected chi connectivity index (χ3v) is 7.30. The molecule has 3 aromatic rings. The number of hydrogen-bond acceptors (Lipinski definition) is 3. The number of rotatable bonds is 8. The first kappa shape index (κ1) is 20.1. The van der Waals surface area contributed by atoms with Crippen LogP contribution < -0.4 is 4.46 Å². The summed E-state index contributed by atoms with van der Waals surface area (Å²) in [5.74, 6) is -0.465. The number of hydrogen-bond donors (Lipinski definition) is 0. The van der Waals surface area contributed by atoms with Gasteiger partial charge in [0.25, 0.3) is 0 Å². The Hall–Kier alpha value is -2.68. The van der Waals surface area contributed by atoms with Gasteiger partial charge in [0.05, 0.1) is 0 Å². The minimum atomic E-state index is -0.380. The molecule has 142 valence electrons. The molecule has 0 spiro atoms. The van der Waals surface area contributed by atoms with Crippen molar-refractivity contribution in [3.63, 3.8) is 0 Å². The molecule has 28 heavy (non-hydrogen) atoms. The molecule has 3 rings (SSSR count). The predicted octanol–water partition coefficient (Wildman–Crippen LogP) is 4.03. The Morgan fingerprint density at radius 1 is 0.821 bits per heavy atom. The molecule has 0 aliphatic carbocycles. The van der Waals surface area contributed by atoms with Crippen molar-refractivity contribution in [3.05, 3.63) is 102 Å². The molecule has 2 atom stereocenters. The van der Waals surface area contributed by atoms with Gasteiger partial charge < -0.3 is 0 Å². The van der Waals surface area contributed by atoms with E-state index in [1.807, 2.05) is 91.0 Å². The van der Waals surface area contributed by atoms with Crippen LogP contribution >= 0.6 is 0 Å². The predicted molar refractivity (Wildman–Crippen MR) is 112 cm³/mol. The topological polar surface area (TPSA) is 43.4 Å². The van der Waals surface area contributed by atoms with Gasteiger partial charge in [0, 0.05) is 0 Å². The Morgan fingerprint density at radius 2 is 1.36 bits per heavy atom. The van der Waals surface area contributed by atoms with E-state index in [-0.39, 0.29) is 43.9 Å². The molecule has 3 nitrogen and oxygen atoms in total. The maximum atomic E-state index is 13.0. The molecule has 3 aromatic carbocycles. The monoisotopic (exact) mass is 438 g/mol. The number of Topliss-reactive ketones (excluding diaryl/α,β-unsaturated/α-hetero) is 1. The Kier molecular flexibility index (Phi) is 7.18. The average Bonchev–Trinajstić information content (AvgIpc) is 2.77. The van der Waals surface area contributed by atoms with Crippen LogP contribution in [0.2, 0.25) is 4.82 Å². The van der Waals surface area contributed by atoms with E-state index in [1.54, 1.807) is 0 Å². The summed E-state index contributed by atoms with van der Waals surface area (Å²) in [5.41, 5.74) is 1.65. The van der Waals surface area contributed by atoms with Gasteiger partial charge in [-0.15, -0.1) is 0 Å². The second-order valence-electron chi connectivity index (χ2n) is 6.39. The number of esters is 1. The zero-order valence-electron chi connectivity index (χ0n) is 15.7. The molecule has 0 aromatic heterocycles. The van der Waals surface area contributed by atoms with Crippen molar-refractivity contribution in [1.82, 2.24) is 0 Å². The normalized spacial score (nSPS) is 12.8. The Labute approximate surface area is 171 Å². The zero-order chi connectivity index (χ0) is 19.8. The van der Waals surface area contributed by atoms with Crippen LogP contribution in [0.1, 0.15) is 28.3 Å². The summed E-state index contributed by atoms with van der Waals surface area (Å²) in [6.07, 6.45) is 0.266. The standard InChI is InChI=1S/C24H22O3Se/c1-27-24(26)23(28-20-15-9-4-10-16-20)21(18-11-5-2-6-12-18)17-22(25)19-13-7-3-8-14-19/h2-16,21,23H,17H2,1H3/t21-,23+/m0/s1. The summed E-state index contributed by atoms with van der Waals surface area (Å²) in [5, 5.41) is 0. The summed E-state index contributed by atoms with van der Waals surface area (Å²) < 4.78 is 6.25. The molecule has 0 bridgehead atoms. The Balaban J connectivity index is 1.95. The Morgan fingerprint density at radius 3 is 1.93 bits per heavy atom. The molecule has 0 saturated heterocycles. The summed E-state index contributed by atoms with van der Waals surface area (Å²) >= 11 is -0.161. The van der Waals surface area contributed by atoms with Gasteiger partial charge in [0.2, 0.25) is 0 Å². The fourth-order valence-corrected chi connectivity index (χ4v) is 5.65. The van der Waals surface area contributed by atoms with Crippen molar-refractivity contribution in [1.29, 1.82) is 0 Å². The van der Waals surface area contributed by atoms with Crippen molar-refractivity contribution in [3.8, 4) is 0 Å². The van der Waals surface area contributed by atoms with Crippen molar-refractivity contribution in [2.45, 2.75) is 17.2 Å². The minimum absolute atomic E-state index is 0.0345. The van der Waals surface area contributed by atoms with E-state index >= 15 is 0 Å². The fraction of sp³-hybridized carbons (Fsp3) is 0.167. The van der Waals surface area contributed by atoms with Gasteiger partial charge in [-0.05, 0) is 0 Å². The van der Waals surface area contributed by atoms with Crippen molar-refractivity contribution < 1.29 is 14.3 Å². The van der Waals surface area contributed by atoms with Crippen LogP contribution in [0, 0.1) is 0 Å². The van der Waals surface area contributed by atoms with E-state index in [9.17, 15) is 9.59 Å². The summed E-state index contributed by atoms with van der Waals surface area (Å²) in [6, 6.07) is 29.0. The van der Waals surface area contributed by atoms with E-state index in [4.69, 9.17) is 4.74 Å². The quantitative estimate of drug-likeness (QED) is 0.304. The molecule has 0 saturated carbocycles. The number of carbonyl (C=O) groups is 2. The Bertz CT molecular complexity index is 895. The van der Waals surface area contributed by atoms with Crippen LogP contribution in [0.5, 0.6) is 0 Å². The van der Waals surface area contributed by atoms with Crippen LogP contribution in [-0.4, -0.2) is 33.8 Å². The summed E-state index contributed by atoms with van der Waals surface area (Å²) in [7, 11) is 1.41. The SMILES string of the molecule is COC(=O)[C@H]([Se]c1ccccc1)[C@@H](CC(=O)c1ccccc1)c1ccccc1. The molecular weight excluding hydrogens is 415 g/mol. The maximum absolute atomic E-state index is 13.0. The number of methoxy groups -OCH3 is 1. The van der Waals surface area contributed by atoms with E-state index in [1.165, 1.54) is 7.11 Å². The third kappa shape index (κ3) is 5.19. The average molecular weight is 437 g/mol. The number of ether oxygens (including phenoxy) is 1. The van der Waals surface area contributed by atoms with Gasteiger partial charge in [-0.2, -0.15) is 0 Å². The molecule has 0 N–H and O–H groups in total. The zero-order valence-corrected chi connectivity index (χ0v) is 17.4. The first-order chi connectivity index (χ1) is 13.7. The van der Waals surface area contributed by atoms with Gasteiger partial charge >= 0.3 is 172 Å². The first-order valence-corrected chi connectivity index (χ1v) is 11.0. The molecule has 0 fully saturated rings. The van der Waals surface area contributed by atoms with Gasteiger partial charge in [-0.25, -0.2) is 0 Å². The second-order valence-corrected chi connectivity index (χ2v) is 8.93. The summed E-state index contributed by atoms with van der Waals surface area (Å²) in [6.45, 7) is 0. The van der Waals surface area contributed by atoms with E-state index in [2.05, 4.69) is 0 Å². The number of benzene rings is 3. The summed E-state index contributed by atoms with van der Waals surface area (Å²) in [4.78, 5) is 25.3. The van der Waals surface area contributed by atoms with Gasteiger partial charge in [0.15, 0.2) is 0 Å². The first-order valence-electron chi connectivity index (χ1n) is 9.11. The van der Waals surface area contributed by atoms with Crippen LogP contribution in [0.4, 0.5) is 0 Å². The number of ketones is 1. The molecule has 0 aliphatic rings.